The molecule has 4 unspecified atom stereocenters. The lowest BCUT2D eigenvalue weighted by Gasteiger charge is -2.32. The summed E-state index contributed by atoms with van der Waals surface area (Å²) in [5.74, 6) is -0.00701. The van der Waals surface area contributed by atoms with Crippen molar-refractivity contribution in [3.05, 3.63) is 28.8 Å². The van der Waals surface area contributed by atoms with Gasteiger partial charge in [-0.2, -0.15) is 0 Å². The van der Waals surface area contributed by atoms with Crippen molar-refractivity contribution in [3.63, 3.8) is 0 Å². The lowest BCUT2D eigenvalue weighted by molar-refractivity contribution is -0.140. The van der Waals surface area contributed by atoms with E-state index < -0.39 is 17.5 Å². The second kappa shape index (κ2) is 8.84. The van der Waals surface area contributed by atoms with E-state index in [-0.39, 0.29) is 23.7 Å². The van der Waals surface area contributed by atoms with Gasteiger partial charge in [0.1, 0.15) is 6.10 Å². The topological polar surface area (TPSA) is 85.0 Å². The zero-order valence-electron chi connectivity index (χ0n) is 18.3. The number of carbonyl (C=O) groups excluding carboxylic acids is 2. The number of benzene rings is 1. The minimum atomic E-state index is -0.695. The second-order valence-corrected chi connectivity index (χ2v) is 9.40. The minimum Gasteiger partial charge on any atom is -0.475 e. The molecule has 0 spiro atoms. The average Bonchev–Trinajstić information content (AvgIpc) is 2.92. The summed E-state index contributed by atoms with van der Waals surface area (Å²) >= 11 is 6.06. The zero-order valence-corrected chi connectivity index (χ0v) is 19.1. The van der Waals surface area contributed by atoms with Crippen molar-refractivity contribution >= 4 is 34.9 Å². The largest absolute Gasteiger partial charge is 0.475 e. The Hall–Kier alpha value is -1.92. The van der Waals surface area contributed by atoms with Gasteiger partial charge in [-0.25, -0.2) is 4.99 Å². The number of rotatable bonds is 4. The van der Waals surface area contributed by atoms with Crippen LogP contribution in [0.2, 0.25) is 5.02 Å². The van der Waals surface area contributed by atoms with Gasteiger partial charge >= 0.3 is 0 Å². The van der Waals surface area contributed by atoms with E-state index in [1.165, 1.54) is 6.92 Å². The maximum absolute atomic E-state index is 13.0. The predicted molar refractivity (Wildman–Crippen MR) is 117 cm³/mol. The number of aliphatic imine (C=N–C) groups is 1. The molecule has 1 aliphatic heterocycles. The standard InChI is InChI=1S/C22H32ClN3O3/c1-12-8-9-16(23)10-17(12)25-15(4)29-18-11-26(19(13(18)2)14(3)27)21(28)20(24)22(5,6)7/h8-10,13,18-20H,11,24H2,1-7H3. The molecule has 1 saturated heterocycles. The third kappa shape index (κ3) is 5.37. The van der Waals surface area contributed by atoms with Gasteiger partial charge in [0.15, 0.2) is 11.7 Å². The molecule has 1 heterocycles. The van der Waals surface area contributed by atoms with Crippen LogP contribution >= 0.6 is 11.6 Å². The van der Waals surface area contributed by atoms with E-state index in [2.05, 4.69) is 4.99 Å². The Morgan fingerprint density at radius 2 is 1.93 bits per heavy atom. The highest BCUT2D eigenvalue weighted by atomic mass is 35.5. The Balaban J connectivity index is 2.23. The molecule has 6 nitrogen and oxygen atoms in total. The fraction of sp³-hybridized carbons (Fsp3) is 0.591. The van der Waals surface area contributed by atoms with Crippen molar-refractivity contribution < 1.29 is 14.3 Å². The highest BCUT2D eigenvalue weighted by molar-refractivity contribution is 6.30. The van der Waals surface area contributed by atoms with Gasteiger partial charge in [-0.15, -0.1) is 0 Å². The maximum atomic E-state index is 13.0. The van der Waals surface area contributed by atoms with E-state index in [1.54, 1.807) is 17.9 Å². The highest BCUT2D eigenvalue weighted by Crippen LogP contribution is 2.31. The molecule has 160 valence electrons. The Morgan fingerprint density at radius 1 is 1.31 bits per heavy atom. The van der Waals surface area contributed by atoms with Crippen molar-refractivity contribution in [2.45, 2.75) is 66.7 Å². The van der Waals surface area contributed by atoms with Gasteiger partial charge in [0.25, 0.3) is 0 Å². The molecule has 2 N–H and O–H groups in total. The second-order valence-electron chi connectivity index (χ2n) is 8.97. The molecule has 0 bridgehead atoms. The number of nitrogens with zero attached hydrogens (tertiary/aromatic N) is 2. The van der Waals surface area contributed by atoms with E-state index >= 15 is 0 Å². The van der Waals surface area contributed by atoms with Gasteiger partial charge in [0.2, 0.25) is 5.91 Å². The first-order valence-electron chi connectivity index (χ1n) is 9.87. The molecule has 0 aliphatic carbocycles. The van der Waals surface area contributed by atoms with Crippen molar-refractivity contribution in [1.29, 1.82) is 0 Å². The Labute approximate surface area is 178 Å². The van der Waals surface area contributed by atoms with Gasteiger partial charge < -0.3 is 15.4 Å². The Morgan fingerprint density at radius 3 is 2.48 bits per heavy atom. The Bertz CT molecular complexity index is 816. The van der Waals surface area contributed by atoms with Crippen LogP contribution in [0, 0.1) is 18.3 Å². The molecular formula is C22H32ClN3O3. The van der Waals surface area contributed by atoms with Crippen LogP contribution in [-0.2, 0) is 14.3 Å². The number of likely N-dealkylation sites (tertiary alicyclic amines) is 1. The van der Waals surface area contributed by atoms with Crippen molar-refractivity contribution in [2.75, 3.05) is 6.54 Å². The summed E-state index contributed by atoms with van der Waals surface area (Å²) in [6.45, 7) is 13.2. The molecule has 0 radical (unpaired) electrons. The normalized spacial score (nSPS) is 23.8. The number of ketones is 1. The lowest BCUT2D eigenvalue weighted by Crippen LogP contribution is -2.53. The van der Waals surface area contributed by atoms with Gasteiger partial charge in [-0.05, 0) is 37.0 Å². The summed E-state index contributed by atoms with van der Waals surface area (Å²) in [4.78, 5) is 31.4. The molecule has 0 aromatic heterocycles. The fourth-order valence-corrected chi connectivity index (χ4v) is 3.76. The molecule has 7 heteroatoms. The van der Waals surface area contributed by atoms with E-state index in [1.807, 2.05) is 46.8 Å². The van der Waals surface area contributed by atoms with Crippen molar-refractivity contribution in [2.24, 2.45) is 22.1 Å². The third-order valence-electron chi connectivity index (χ3n) is 5.47. The van der Waals surface area contributed by atoms with Crippen molar-refractivity contribution in [3.8, 4) is 0 Å². The molecule has 1 fully saturated rings. The zero-order chi connectivity index (χ0) is 22.1. The summed E-state index contributed by atoms with van der Waals surface area (Å²) in [6.07, 6.45) is -0.344. The first kappa shape index (κ1) is 23.4. The van der Waals surface area contributed by atoms with Gasteiger partial charge in [-0.1, -0.05) is 45.4 Å². The number of nitrogens with two attached hydrogens (primary N) is 1. The number of aryl methyl sites for hydroxylation is 1. The lowest BCUT2D eigenvalue weighted by atomic mass is 9.86. The van der Waals surface area contributed by atoms with Crippen LogP contribution in [-0.4, -0.2) is 47.2 Å². The van der Waals surface area contributed by atoms with Crippen LogP contribution in [0.4, 0.5) is 5.69 Å². The first-order chi connectivity index (χ1) is 13.3. The highest BCUT2D eigenvalue weighted by Gasteiger charge is 2.47. The van der Waals surface area contributed by atoms with Crippen LogP contribution in [0.1, 0.15) is 47.1 Å². The number of Topliss-reactive ketones (excluding diaryl/α,β-unsaturated/α-hetero) is 1. The maximum Gasteiger partial charge on any atom is 0.240 e. The SMILES string of the molecule is CC(=O)C1C(C)C(OC(C)=Nc2cc(Cl)ccc2C)CN1C(=O)C(N)C(C)(C)C. The van der Waals surface area contributed by atoms with Crippen LogP contribution in [0.25, 0.3) is 0 Å². The first-order valence-corrected chi connectivity index (χ1v) is 10.2. The number of carbonyl (C=O) groups is 2. The van der Waals surface area contributed by atoms with Crippen molar-refractivity contribution in [1.82, 2.24) is 4.90 Å². The van der Waals surface area contributed by atoms with Crippen LogP contribution in [0.5, 0.6) is 0 Å². The molecule has 0 saturated carbocycles. The molecule has 29 heavy (non-hydrogen) atoms. The van der Waals surface area contributed by atoms with E-state index in [9.17, 15) is 9.59 Å². The number of amides is 1. The summed E-state index contributed by atoms with van der Waals surface area (Å²) in [6, 6.07) is 4.23. The predicted octanol–water partition coefficient (Wildman–Crippen LogP) is 3.89. The molecular weight excluding hydrogens is 390 g/mol. The fourth-order valence-electron chi connectivity index (χ4n) is 3.59. The van der Waals surface area contributed by atoms with Crippen LogP contribution < -0.4 is 5.73 Å². The molecule has 1 aromatic rings. The van der Waals surface area contributed by atoms with Gasteiger partial charge in [0, 0.05) is 17.9 Å². The summed E-state index contributed by atoms with van der Waals surface area (Å²) in [5, 5.41) is 0.598. The van der Waals surface area contributed by atoms with E-state index in [0.29, 0.717) is 17.5 Å². The molecule has 1 amide bonds. The third-order valence-corrected chi connectivity index (χ3v) is 5.70. The summed E-state index contributed by atoms with van der Waals surface area (Å²) in [5.41, 5.74) is 7.49. The van der Waals surface area contributed by atoms with Gasteiger partial charge in [-0.3, -0.25) is 9.59 Å². The summed E-state index contributed by atoms with van der Waals surface area (Å²) in [7, 11) is 0. The minimum absolute atomic E-state index is 0.0710. The molecule has 2 rings (SSSR count). The smallest absolute Gasteiger partial charge is 0.240 e. The average molecular weight is 422 g/mol. The number of hydrogen-bond donors (Lipinski definition) is 1. The number of ether oxygens (including phenoxy) is 1. The molecule has 1 aliphatic rings. The number of hydrogen-bond acceptors (Lipinski definition) is 5. The molecule has 1 aromatic carbocycles. The monoisotopic (exact) mass is 421 g/mol. The van der Waals surface area contributed by atoms with Crippen LogP contribution in [0.3, 0.4) is 0 Å². The van der Waals surface area contributed by atoms with E-state index in [0.717, 1.165) is 11.3 Å². The molecule has 4 atom stereocenters. The summed E-state index contributed by atoms with van der Waals surface area (Å²) < 4.78 is 6.07. The van der Waals surface area contributed by atoms with Gasteiger partial charge in [0.05, 0.1) is 24.3 Å². The Kier molecular flexibility index (Phi) is 7.12. The quantitative estimate of drug-likeness (QED) is 0.590. The van der Waals surface area contributed by atoms with E-state index in [4.69, 9.17) is 22.1 Å². The number of halogens is 1. The van der Waals surface area contributed by atoms with Crippen LogP contribution in [0.15, 0.2) is 23.2 Å².